The van der Waals surface area contributed by atoms with Crippen molar-refractivity contribution in [1.29, 1.82) is 0 Å². The molecule has 4 rings (SSSR count). The first kappa shape index (κ1) is 15.4. The number of rotatable bonds is 4. The minimum absolute atomic E-state index is 0.0147. The number of carbonyl (C=O) groups is 1. The summed E-state index contributed by atoms with van der Waals surface area (Å²) in [6.45, 7) is 1.87. The van der Waals surface area contributed by atoms with Crippen LogP contribution in [-0.2, 0) is 6.54 Å². The number of amides is 1. The standard InChI is InChI=1S/C17H18N6O2/c24-16-7-15(20-21-16)14-4-5-22(9-14)17(25)13-3-1-2-12(6-13)8-23-11-18-10-19-23/h1-3,6-7,10-11,14H,4-5,8-9H2,(H2,20,21,24). The Hall–Kier alpha value is -3.16. The van der Waals surface area contributed by atoms with Crippen LogP contribution in [0.3, 0.4) is 0 Å². The summed E-state index contributed by atoms with van der Waals surface area (Å²) in [5.41, 5.74) is 2.39. The number of nitrogens with one attached hydrogen (secondary N) is 2. The van der Waals surface area contributed by atoms with E-state index in [-0.39, 0.29) is 17.4 Å². The predicted molar refractivity (Wildman–Crippen MR) is 90.2 cm³/mol. The van der Waals surface area contributed by atoms with Crippen molar-refractivity contribution in [2.75, 3.05) is 13.1 Å². The summed E-state index contributed by atoms with van der Waals surface area (Å²) in [6.07, 6.45) is 3.99. The molecule has 0 saturated carbocycles. The van der Waals surface area contributed by atoms with Gasteiger partial charge in [-0.3, -0.25) is 14.7 Å². The van der Waals surface area contributed by atoms with Crippen LogP contribution in [0.5, 0.6) is 0 Å². The second kappa shape index (κ2) is 6.39. The first-order chi connectivity index (χ1) is 12.2. The fourth-order valence-electron chi connectivity index (χ4n) is 3.25. The Morgan fingerprint density at radius 3 is 2.96 bits per heavy atom. The highest BCUT2D eigenvalue weighted by Gasteiger charge is 2.29. The van der Waals surface area contributed by atoms with Gasteiger partial charge in [-0.15, -0.1) is 0 Å². The predicted octanol–water partition coefficient (Wildman–Crippen LogP) is 0.972. The van der Waals surface area contributed by atoms with Crippen molar-refractivity contribution in [3.63, 3.8) is 0 Å². The molecule has 0 spiro atoms. The van der Waals surface area contributed by atoms with E-state index >= 15 is 0 Å². The zero-order valence-electron chi connectivity index (χ0n) is 13.6. The lowest BCUT2D eigenvalue weighted by Crippen LogP contribution is -2.28. The maximum atomic E-state index is 12.8. The molecule has 0 radical (unpaired) electrons. The molecule has 8 nitrogen and oxygen atoms in total. The van der Waals surface area contributed by atoms with Crippen molar-refractivity contribution < 1.29 is 4.79 Å². The van der Waals surface area contributed by atoms with Crippen molar-refractivity contribution in [2.45, 2.75) is 18.9 Å². The Morgan fingerprint density at radius 1 is 1.28 bits per heavy atom. The Morgan fingerprint density at radius 2 is 2.20 bits per heavy atom. The number of aromatic nitrogens is 5. The van der Waals surface area contributed by atoms with Crippen LogP contribution in [0.2, 0.25) is 0 Å². The number of hydrogen-bond acceptors (Lipinski definition) is 4. The Labute approximate surface area is 143 Å². The lowest BCUT2D eigenvalue weighted by molar-refractivity contribution is 0.0790. The third-order valence-electron chi connectivity index (χ3n) is 4.52. The van der Waals surface area contributed by atoms with E-state index < -0.39 is 0 Å². The third-order valence-corrected chi connectivity index (χ3v) is 4.52. The number of likely N-dealkylation sites (tertiary alicyclic amines) is 1. The molecule has 1 unspecified atom stereocenters. The highest BCUT2D eigenvalue weighted by Crippen LogP contribution is 2.26. The van der Waals surface area contributed by atoms with Crippen LogP contribution in [0, 0.1) is 0 Å². The van der Waals surface area contributed by atoms with Crippen LogP contribution in [0.25, 0.3) is 0 Å². The van der Waals surface area contributed by atoms with Crippen LogP contribution in [0.1, 0.15) is 34.0 Å². The Kier molecular flexibility index (Phi) is 3.93. The van der Waals surface area contributed by atoms with E-state index in [4.69, 9.17) is 0 Å². The first-order valence-corrected chi connectivity index (χ1v) is 8.17. The maximum Gasteiger partial charge on any atom is 0.264 e. The molecule has 0 aliphatic carbocycles. The second-order valence-corrected chi connectivity index (χ2v) is 6.24. The van der Waals surface area contributed by atoms with E-state index in [1.165, 1.54) is 6.33 Å². The van der Waals surface area contributed by atoms with Crippen LogP contribution >= 0.6 is 0 Å². The van der Waals surface area contributed by atoms with Gasteiger partial charge >= 0.3 is 0 Å². The fraction of sp³-hybridized carbons (Fsp3) is 0.294. The summed E-state index contributed by atoms with van der Waals surface area (Å²) in [5.74, 6) is 0.182. The average Bonchev–Trinajstić information content (AvgIpc) is 3.35. The zero-order valence-corrected chi connectivity index (χ0v) is 13.6. The largest absolute Gasteiger partial charge is 0.338 e. The normalized spacial score (nSPS) is 17.1. The van der Waals surface area contributed by atoms with Gasteiger partial charge in [0.2, 0.25) is 0 Å². The molecule has 1 aliphatic rings. The lowest BCUT2D eigenvalue weighted by Gasteiger charge is -2.17. The third kappa shape index (κ3) is 3.23. The van der Waals surface area contributed by atoms with Crippen LogP contribution in [0.4, 0.5) is 0 Å². The van der Waals surface area contributed by atoms with E-state index in [2.05, 4.69) is 20.3 Å². The molecule has 1 aliphatic heterocycles. The number of benzene rings is 1. The lowest BCUT2D eigenvalue weighted by atomic mass is 10.1. The molecule has 3 aromatic rings. The number of hydrogen-bond donors (Lipinski definition) is 2. The van der Waals surface area contributed by atoms with Crippen molar-refractivity contribution >= 4 is 5.91 Å². The molecular weight excluding hydrogens is 320 g/mol. The smallest absolute Gasteiger partial charge is 0.264 e. The molecule has 1 aromatic carbocycles. The molecule has 1 atom stereocenters. The molecule has 1 amide bonds. The molecule has 2 N–H and O–H groups in total. The van der Waals surface area contributed by atoms with E-state index in [0.717, 1.165) is 17.7 Å². The van der Waals surface area contributed by atoms with Crippen LogP contribution in [0.15, 0.2) is 47.8 Å². The molecule has 0 bridgehead atoms. The summed E-state index contributed by atoms with van der Waals surface area (Å²) in [5, 5.41) is 9.53. The summed E-state index contributed by atoms with van der Waals surface area (Å²) >= 11 is 0. The molecule has 1 fully saturated rings. The highest BCUT2D eigenvalue weighted by atomic mass is 16.2. The first-order valence-electron chi connectivity index (χ1n) is 8.17. The summed E-state index contributed by atoms with van der Waals surface area (Å²) in [7, 11) is 0. The number of aromatic amines is 2. The quantitative estimate of drug-likeness (QED) is 0.740. The monoisotopic (exact) mass is 338 g/mol. The van der Waals surface area contributed by atoms with Crippen LogP contribution < -0.4 is 5.56 Å². The van der Waals surface area contributed by atoms with Gasteiger partial charge in [0.05, 0.1) is 6.54 Å². The molecule has 2 aromatic heterocycles. The topological polar surface area (TPSA) is 99.7 Å². The van der Waals surface area contributed by atoms with E-state index in [9.17, 15) is 9.59 Å². The summed E-state index contributed by atoms with van der Waals surface area (Å²) in [6, 6.07) is 9.15. The van der Waals surface area contributed by atoms with Crippen LogP contribution in [-0.4, -0.2) is 48.9 Å². The minimum Gasteiger partial charge on any atom is -0.338 e. The van der Waals surface area contributed by atoms with E-state index in [0.29, 0.717) is 25.2 Å². The SMILES string of the molecule is O=C(c1cccc(Cn2cncn2)c1)N1CCC(c2cc(=O)[nH][nH]2)C1. The Bertz CT molecular complexity index is 927. The molecule has 3 heterocycles. The molecule has 25 heavy (non-hydrogen) atoms. The van der Waals surface area contributed by atoms with Gasteiger partial charge in [0.25, 0.3) is 11.5 Å². The number of nitrogens with zero attached hydrogens (tertiary/aromatic N) is 4. The van der Waals surface area contributed by atoms with E-state index in [1.54, 1.807) is 17.1 Å². The average molecular weight is 338 g/mol. The van der Waals surface area contributed by atoms with Gasteiger partial charge in [-0.05, 0) is 24.1 Å². The van der Waals surface area contributed by atoms with Gasteiger partial charge in [-0.2, -0.15) is 5.10 Å². The van der Waals surface area contributed by atoms with Crippen molar-refractivity contribution in [2.24, 2.45) is 0 Å². The fourth-order valence-corrected chi connectivity index (χ4v) is 3.25. The van der Waals surface area contributed by atoms with Gasteiger partial charge < -0.3 is 10.00 Å². The number of carbonyl (C=O) groups excluding carboxylic acids is 1. The molecular formula is C17H18N6O2. The van der Waals surface area contributed by atoms with Crippen molar-refractivity contribution in [3.8, 4) is 0 Å². The van der Waals surface area contributed by atoms with E-state index in [1.807, 2.05) is 29.2 Å². The highest BCUT2D eigenvalue weighted by molar-refractivity contribution is 5.94. The summed E-state index contributed by atoms with van der Waals surface area (Å²) < 4.78 is 1.72. The molecule has 8 heteroatoms. The number of H-pyrrole nitrogens is 2. The zero-order chi connectivity index (χ0) is 17.2. The van der Waals surface area contributed by atoms with Gasteiger partial charge in [0, 0.05) is 36.3 Å². The molecule has 1 saturated heterocycles. The van der Waals surface area contributed by atoms with Gasteiger partial charge in [0.15, 0.2) is 0 Å². The van der Waals surface area contributed by atoms with Gasteiger partial charge in [-0.25, -0.2) is 9.67 Å². The minimum atomic E-state index is -0.138. The second-order valence-electron chi connectivity index (χ2n) is 6.24. The Balaban J connectivity index is 1.47. The molecule has 128 valence electrons. The van der Waals surface area contributed by atoms with Gasteiger partial charge in [0.1, 0.15) is 12.7 Å². The summed E-state index contributed by atoms with van der Waals surface area (Å²) in [4.78, 5) is 29.8. The maximum absolute atomic E-state index is 12.8. The van der Waals surface area contributed by atoms with Crippen molar-refractivity contribution in [1.82, 2.24) is 29.9 Å². The van der Waals surface area contributed by atoms with Gasteiger partial charge in [-0.1, -0.05) is 12.1 Å². The van der Waals surface area contributed by atoms with Crippen molar-refractivity contribution in [3.05, 3.63) is 70.2 Å².